The summed E-state index contributed by atoms with van der Waals surface area (Å²) in [4.78, 5) is 14.5. The van der Waals surface area contributed by atoms with Crippen LogP contribution in [0.5, 0.6) is 0 Å². The average molecular weight is 271 g/mol. The molecule has 0 aromatic carbocycles. The van der Waals surface area contributed by atoms with Crippen LogP contribution >= 0.6 is 11.5 Å². The molecule has 0 saturated carbocycles. The molecule has 18 heavy (non-hydrogen) atoms. The fraction of sp³-hybridized carbons (Fsp3) is 0.750. The summed E-state index contributed by atoms with van der Waals surface area (Å²) in [5.41, 5.74) is -0.114. The topological polar surface area (TPSA) is 66.3 Å². The van der Waals surface area contributed by atoms with Crippen LogP contribution in [0.25, 0.3) is 0 Å². The van der Waals surface area contributed by atoms with E-state index < -0.39 is 5.54 Å². The van der Waals surface area contributed by atoms with E-state index in [9.17, 15) is 9.90 Å². The van der Waals surface area contributed by atoms with Crippen molar-refractivity contribution >= 4 is 17.4 Å². The van der Waals surface area contributed by atoms with Gasteiger partial charge in [-0.15, -0.1) is 5.10 Å². The number of aliphatic hydroxyl groups is 1. The molecule has 5 nitrogen and oxygen atoms in total. The third kappa shape index (κ3) is 2.87. The first-order chi connectivity index (χ1) is 8.11. The molecule has 1 amide bonds. The van der Waals surface area contributed by atoms with Gasteiger partial charge in [-0.3, -0.25) is 4.79 Å². The molecule has 0 saturated heterocycles. The molecule has 0 aliphatic heterocycles. The second kappa shape index (κ2) is 4.93. The van der Waals surface area contributed by atoms with Gasteiger partial charge >= 0.3 is 0 Å². The number of rotatable bonds is 3. The lowest BCUT2D eigenvalue weighted by Crippen LogP contribution is -2.47. The van der Waals surface area contributed by atoms with Crippen LogP contribution in [0, 0.1) is 0 Å². The summed E-state index contributed by atoms with van der Waals surface area (Å²) in [7, 11) is 1.69. The molecule has 1 aromatic rings. The Morgan fingerprint density at radius 3 is 2.33 bits per heavy atom. The van der Waals surface area contributed by atoms with E-state index in [-0.39, 0.29) is 17.9 Å². The number of nitrogens with zero attached hydrogens (tertiary/aromatic N) is 3. The Bertz CT molecular complexity index is 435. The standard InChI is InChI=1S/C12H21N3O2S/c1-11(2,3)9-8(18-14-13-9)10(17)15(6)12(4,5)7-16/h16H,7H2,1-6H3. The molecule has 6 heteroatoms. The zero-order chi connectivity index (χ0) is 14.1. The van der Waals surface area contributed by atoms with Gasteiger partial charge in [0.25, 0.3) is 5.91 Å². The molecule has 0 atom stereocenters. The summed E-state index contributed by atoms with van der Waals surface area (Å²) < 4.78 is 3.88. The molecule has 102 valence electrons. The highest BCUT2D eigenvalue weighted by atomic mass is 32.1. The lowest BCUT2D eigenvalue weighted by atomic mass is 9.91. The second-order valence-electron chi connectivity index (χ2n) is 6.04. The molecule has 0 fully saturated rings. The predicted molar refractivity (Wildman–Crippen MR) is 71.9 cm³/mol. The zero-order valence-corrected chi connectivity index (χ0v) is 12.6. The van der Waals surface area contributed by atoms with Crippen molar-refractivity contribution in [3.05, 3.63) is 10.6 Å². The van der Waals surface area contributed by atoms with Gasteiger partial charge in [0, 0.05) is 12.5 Å². The minimum absolute atomic E-state index is 0.0909. The van der Waals surface area contributed by atoms with Gasteiger partial charge in [0.15, 0.2) is 0 Å². The summed E-state index contributed by atoms with van der Waals surface area (Å²) in [6.45, 7) is 9.53. The Kier molecular flexibility index (Phi) is 4.12. The van der Waals surface area contributed by atoms with E-state index in [2.05, 4.69) is 9.59 Å². The van der Waals surface area contributed by atoms with Gasteiger partial charge in [0.2, 0.25) is 0 Å². The molecule has 0 bridgehead atoms. The molecular formula is C12H21N3O2S. The summed E-state index contributed by atoms with van der Waals surface area (Å²) in [6.07, 6.45) is 0. The molecule has 1 N–H and O–H groups in total. The van der Waals surface area contributed by atoms with Crippen LogP contribution in [0.1, 0.15) is 50.0 Å². The lowest BCUT2D eigenvalue weighted by Gasteiger charge is -2.34. The van der Waals surface area contributed by atoms with Gasteiger partial charge in [-0.05, 0) is 25.4 Å². The van der Waals surface area contributed by atoms with Crippen molar-refractivity contribution in [2.75, 3.05) is 13.7 Å². The number of hydrogen-bond donors (Lipinski definition) is 1. The maximum absolute atomic E-state index is 12.4. The molecule has 0 aliphatic carbocycles. The van der Waals surface area contributed by atoms with Crippen LogP contribution in [-0.2, 0) is 5.41 Å². The van der Waals surface area contributed by atoms with Crippen molar-refractivity contribution in [2.45, 2.75) is 45.6 Å². The quantitative estimate of drug-likeness (QED) is 0.908. The summed E-state index contributed by atoms with van der Waals surface area (Å²) in [6, 6.07) is 0. The smallest absolute Gasteiger partial charge is 0.267 e. The fourth-order valence-electron chi connectivity index (χ4n) is 1.35. The Morgan fingerprint density at radius 2 is 1.89 bits per heavy atom. The van der Waals surface area contributed by atoms with E-state index in [1.165, 1.54) is 4.90 Å². The SMILES string of the molecule is CN(C(=O)c1snnc1C(C)(C)C)C(C)(C)CO. The normalized spacial score (nSPS) is 12.6. The largest absolute Gasteiger partial charge is 0.394 e. The number of hydrogen-bond acceptors (Lipinski definition) is 5. The Balaban J connectivity index is 3.10. The number of likely N-dealkylation sites (N-methyl/N-ethyl adjacent to an activating group) is 1. The average Bonchev–Trinajstić information content (AvgIpc) is 2.75. The fourth-order valence-corrected chi connectivity index (χ4v) is 2.21. The van der Waals surface area contributed by atoms with Gasteiger partial charge in [-0.1, -0.05) is 25.3 Å². The van der Waals surface area contributed by atoms with Gasteiger partial charge in [0.05, 0.1) is 17.8 Å². The molecule has 0 unspecified atom stereocenters. The first kappa shape index (κ1) is 15.0. The van der Waals surface area contributed by atoms with E-state index in [0.717, 1.165) is 11.5 Å². The Hall–Kier alpha value is -1.01. The molecule has 1 heterocycles. The van der Waals surface area contributed by atoms with Crippen molar-refractivity contribution in [3.8, 4) is 0 Å². The number of aromatic nitrogens is 2. The van der Waals surface area contributed by atoms with Crippen LogP contribution in [0.2, 0.25) is 0 Å². The van der Waals surface area contributed by atoms with E-state index in [1.807, 2.05) is 34.6 Å². The monoisotopic (exact) mass is 271 g/mol. The van der Waals surface area contributed by atoms with E-state index in [4.69, 9.17) is 0 Å². The highest BCUT2D eigenvalue weighted by molar-refractivity contribution is 7.08. The third-order valence-corrected chi connectivity index (χ3v) is 3.71. The van der Waals surface area contributed by atoms with Crippen LogP contribution in [0.4, 0.5) is 0 Å². The van der Waals surface area contributed by atoms with Crippen molar-refractivity contribution in [2.24, 2.45) is 0 Å². The molecule has 1 rings (SSSR count). The van der Waals surface area contributed by atoms with E-state index in [0.29, 0.717) is 10.6 Å². The number of carbonyl (C=O) groups excluding carboxylic acids is 1. The van der Waals surface area contributed by atoms with Gasteiger partial charge in [-0.25, -0.2) is 0 Å². The Morgan fingerprint density at radius 1 is 1.33 bits per heavy atom. The van der Waals surface area contributed by atoms with Gasteiger partial charge in [0.1, 0.15) is 4.88 Å². The molecule has 1 aromatic heterocycles. The minimum Gasteiger partial charge on any atom is -0.394 e. The van der Waals surface area contributed by atoms with Crippen molar-refractivity contribution in [1.29, 1.82) is 0 Å². The van der Waals surface area contributed by atoms with Crippen LogP contribution in [0.3, 0.4) is 0 Å². The maximum atomic E-state index is 12.4. The van der Waals surface area contributed by atoms with Crippen molar-refractivity contribution < 1.29 is 9.90 Å². The van der Waals surface area contributed by atoms with Crippen LogP contribution in [0.15, 0.2) is 0 Å². The maximum Gasteiger partial charge on any atom is 0.267 e. The summed E-state index contributed by atoms with van der Waals surface area (Å²) in [5, 5.41) is 13.4. The predicted octanol–water partition coefficient (Wildman–Crippen LogP) is 1.68. The van der Waals surface area contributed by atoms with Crippen LogP contribution in [-0.4, -0.2) is 44.7 Å². The first-order valence-corrected chi connectivity index (χ1v) is 6.60. The van der Waals surface area contributed by atoms with Gasteiger partial charge in [-0.2, -0.15) is 0 Å². The number of amides is 1. The molecule has 0 spiro atoms. The minimum atomic E-state index is -0.601. The second-order valence-corrected chi connectivity index (χ2v) is 6.79. The number of aliphatic hydroxyl groups excluding tert-OH is 1. The summed E-state index contributed by atoms with van der Waals surface area (Å²) in [5.74, 6) is -0.144. The van der Waals surface area contributed by atoms with Crippen molar-refractivity contribution in [1.82, 2.24) is 14.5 Å². The third-order valence-electron chi connectivity index (χ3n) is 2.99. The highest BCUT2D eigenvalue weighted by Crippen LogP contribution is 2.28. The summed E-state index contributed by atoms with van der Waals surface area (Å²) >= 11 is 1.11. The van der Waals surface area contributed by atoms with E-state index >= 15 is 0 Å². The zero-order valence-electron chi connectivity index (χ0n) is 11.8. The molecule has 0 radical (unpaired) electrons. The molecular weight excluding hydrogens is 250 g/mol. The van der Waals surface area contributed by atoms with E-state index in [1.54, 1.807) is 7.05 Å². The Labute approximate surface area is 112 Å². The number of carbonyl (C=O) groups is 1. The van der Waals surface area contributed by atoms with Crippen LogP contribution < -0.4 is 0 Å². The van der Waals surface area contributed by atoms with Gasteiger partial charge < -0.3 is 10.0 Å². The first-order valence-electron chi connectivity index (χ1n) is 5.83. The lowest BCUT2D eigenvalue weighted by molar-refractivity contribution is 0.0475. The molecule has 0 aliphatic rings. The van der Waals surface area contributed by atoms with Crippen molar-refractivity contribution in [3.63, 3.8) is 0 Å². The highest BCUT2D eigenvalue weighted by Gasteiger charge is 2.33.